The topological polar surface area (TPSA) is 61.9 Å². The smallest absolute Gasteiger partial charge is 0.270 e. The van der Waals surface area contributed by atoms with Crippen LogP contribution in [0.25, 0.3) is 6.08 Å². The molecule has 0 unspecified atom stereocenters. The Hall–Kier alpha value is -3.10. The molecule has 4 rings (SSSR count). The second kappa shape index (κ2) is 8.10. The Bertz CT molecular complexity index is 1000. The van der Waals surface area contributed by atoms with Crippen LogP contribution in [0.5, 0.6) is 0 Å². The van der Waals surface area contributed by atoms with Crippen molar-refractivity contribution >= 4 is 46.6 Å². The van der Waals surface area contributed by atoms with E-state index in [2.05, 4.69) is 5.32 Å². The molecule has 0 bridgehead atoms. The molecule has 2 aromatic rings. The molecule has 0 aliphatic carbocycles. The van der Waals surface area contributed by atoms with E-state index in [1.807, 2.05) is 11.0 Å². The van der Waals surface area contributed by atoms with Crippen LogP contribution in [0.1, 0.15) is 5.56 Å². The first-order valence-electron chi connectivity index (χ1n) is 9.13. The number of amides is 2. The van der Waals surface area contributed by atoms with Gasteiger partial charge in [-0.05, 0) is 48.1 Å². The number of thiocarbonyl (C=S) groups is 1. The van der Waals surface area contributed by atoms with Gasteiger partial charge in [0.25, 0.3) is 11.8 Å². The minimum atomic E-state index is -0.607. The molecule has 8 heteroatoms. The van der Waals surface area contributed by atoms with Crippen molar-refractivity contribution in [3.8, 4) is 0 Å². The highest BCUT2D eigenvalue weighted by Gasteiger charge is 2.34. The number of morpholine rings is 1. The lowest BCUT2D eigenvalue weighted by atomic mass is 10.1. The maximum atomic E-state index is 14.7. The van der Waals surface area contributed by atoms with E-state index >= 15 is 0 Å². The summed E-state index contributed by atoms with van der Waals surface area (Å²) in [7, 11) is 0. The number of ether oxygens (including phenoxy) is 1. The fraction of sp³-hybridized carbons (Fsp3) is 0.190. The van der Waals surface area contributed by atoms with E-state index in [0.29, 0.717) is 43.2 Å². The first-order valence-corrected chi connectivity index (χ1v) is 9.54. The van der Waals surface area contributed by atoms with Crippen LogP contribution in [0.3, 0.4) is 0 Å². The third-order valence-corrected chi connectivity index (χ3v) is 5.04. The van der Waals surface area contributed by atoms with E-state index in [0.717, 1.165) is 0 Å². The molecular formula is C21H18FN3O3S. The van der Waals surface area contributed by atoms with Crippen LogP contribution in [0, 0.1) is 5.82 Å². The maximum absolute atomic E-state index is 14.7. The van der Waals surface area contributed by atoms with Gasteiger partial charge in [0.15, 0.2) is 5.11 Å². The second-order valence-corrected chi connectivity index (χ2v) is 6.99. The highest BCUT2D eigenvalue weighted by Crippen LogP contribution is 2.25. The van der Waals surface area contributed by atoms with Gasteiger partial charge in [0.05, 0.1) is 24.6 Å². The monoisotopic (exact) mass is 411 g/mol. The number of anilines is 2. The number of nitrogens with zero attached hydrogens (tertiary/aromatic N) is 2. The van der Waals surface area contributed by atoms with Gasteiger partial charge in [0.2, 0.25) is 0 Å². The number of carbonyl (C=O) groups is 2. The van der Waals surface area contributed by atoms with Crippen LogP contribution in [-0.2, 0) is 14.3 Å². The third kappa shape index (κ3) is 3.90. The van der Waals surface area contributed by atoms with Crippen molar-refractivity contribution in [3.63, 3.8) is 0 Å². The lowest BCUT2D eigenvalue weighted by Crippen LogP contribution is -2.54. The predicted molar refractivity (Wildman–Crippen MR) is 112 cm³/mol. The van der Waals surface area contributed by atoms with Crippen LogP contribution in [0.15, 0.2) is 54.1 Å². The number of hydrogen-bond acceptors (Lipinski definition) is 5. The summed E-state index contributed by atoms with van der Waals surface area (Å²) in [4.78, 5) is 28.5. The Morgan fingerprint density at radius 1 is 1.07 bits per heavy atom. The first-order chi connectivity index (χ1) is 14.0. The van der Waals surface area contributed by atoms with Gasteiger partial charge in [-0.2, -0.15) is 0 Å². The molecule has 1 N–H and O–H groups in total. The third-order valence-electron chi connectivity index (χ3n) is 4.75. The average molecular weight is 411 g/mol. The molecule has 0 spiro atoms. The van der Waals surface area contributed by atoms with Crippen LogP contribution in [0.2, 0.25) is 0 Å². The molecular weight excluding hydrogens is 393 g/mol. The number of para-hydroxylation sites is 1. The van der Waals surface area contributed by atoms with E-state index in [-0.39, 0.29) is 10.7 Å². The number of benzene rings is 2. The quantitative estimate of drug-likeness (QED) is 0.478. The van der Waals surface area contributed by atoms with Gasteiger partial charge in [0.1, 0.15) is 11.4 Å². The molecule has 2 aliphatic rings. The van der Waals surface area contributed by atoms with Gasteiger partial charge in [-0.3, -0.25) is 19.8 Å². The Morgan fingerprint density at radius 3 is 2.48 bits per heavy atom. The Kier molecular flexibility index (Phi) is 5.37. The number of carbonyl (C=O) groups excluding carboxylic acids is 2. The minimum Gasteiger partial charge on any atom is -0.378 e. The Morgan fingerprint density at radius 2 is 1.79 bits per heavy atom. The summed E-state index contributed by atoms with van der Waals surface area (Å²) in [5.74, 6) is -1.58. The van der Waals surface area contributed by atoms with Crippen molar-refractivity contribution < 1.29 is 18.7 Å². The summed E-state index contributed by atoms with van der Waals surface area (Å²) in [5.41, 5.74) is 1.32. The summed E-state index contributed by atoms with van der Waals surface area (Å²) < 4.78 is 20.0. The number of rotatable bonds is 3. The second-order valence-electron chi connectivity index (χ2n) is 6.60. The summed E-state index contributed by atoms with van der Waals surface area (Å²) in [6.07, 6.45) is 1.38. The molecule has 2 aromatic carbocycles. The zero-order chi connectivity index (χ0) is 20.4. The number of nitrogens with one attached hydrogen (secondary N) is 1. The molecule has 2 saturated heterocycles. The summed E-state index contributed by atoms with van der Waals surface area (Å²) in [6, 6.07) is 13.4. The lowest BCUT2D eigenvalue weighted by molar-refractivity contribution is -0.122. The van der Waals surface area contributed by atoms with E-state index in [1.54, 1.807) is 36.4 Å². The minimum absolute atomic E-state index is 0.0113. The summed E-state index contributed by atoms with van der Waals surface area (Å²) >= 11 is 5.16. The normalized spacial score (nSPS) is 18.9. The molecule has 0 aromatic heterocycles. The van der Waals surface area contributed by atoms with Gasteiger partial charge < -0.3 is 9.64 Å². The molecule has 2 aliphatic heterocycles. The van der Waals surface area contributed by atoms with E-state index in [1.165, 1.54) is 17.0 Å². The van der Waals surface area contributed by atoms with Crippen LogP contribution < -0.4 is 15.1 Å². The van der Waals surface area contributed by atoms with Gasteiger partial charge in [-0.15, -0.1) is 0 Å². The zero-order valence-electron chi connectivity index (χ0n) is 15.4. The fourth-order valence-corrected chi connectivity index (χ4v) is 3.59. The number of halogens is 1. The van der Waals surface area contributed by atoms with Crippen molar-refractivity contribution in [2.45, 2.75) is 0 Å². The zero-order valence-corrected chi connectivity index (χ0v) is 16.2. The largest absolute Gasteiger partial charge is 0.378 e. The predicted octanol–water partition coefficient (Wildman–Crippen LogP) is 2.49. The SMILES string of the molecule is O=C1NC(=S)N(c2ccccc2)C(=O)/C1=C/c1ccc(N2CCOCC2)c(F)c1. The van der Waals surface area contributed by atoms with Gasteiger partial charge in [0, 0.05) is 13.1 Å². The van der Waals surface area contributed by atoms with Gasteiger partial charge >= 0.3 is 0 Å². The molecule has 6 nitrogen and oxygen atoms in total. The highest BCUT2D eigenvalue weighted by atomic mass is 32.1. The van der Waals surface area contributed by atoms with Crippen molar-refractivity contribution in [1.29, 1.82) is 0 Å². The van der Waals surface area contributed by atoms with Gasteiger partial charge in [-0.25, -0.2) is 4.39 Å². The maximum Gasteiger partial charge on any atom is 0.270 e. The van der Waals surface area contributed by atoms with E-state index in [9.17, 15) is 14.0 Å². The van der Waals surface area contributed by atoms with Crippen molar-refractivity contribution in [3.05, 3.63) is 65.5 Å². The number of hydrogen-bond donors (Lipinski definition) is 1. The Labute approximate surface area is 172 Å². The molecule has 2 amide bonds. The molecule has 0 saturated carbocycles. The fourth-order valence-electron chi connectivity index (χ4n) is 3.31. The lowest BCUT2D eigenvalue weighted by Gasteiger charge is -2.29. The summed E-state index contributed by atoms with van der Waals surface area (Å²) in [6.45, 7) is 2.33. The van der Waals surface area contributed by atoms with Crippen LogP contribution in [0.4, 0.5) is 15.8 Å². The Balaban J connectivity index is 1.64. The molecule has 0 radical (unpaired) electrons. The van der Waals surface area contributed by atoms with Crippen LogP contribution >= 0.6 is 12.2 Å². The van der Waals surface area contributed by atoms with Crippen LogP contribution in [-0.4, -0.2) is 43.2 Å². The molecule has 2 heterocycles. The first kappa shape index (κ1) is 19.2. The molecule has 29 heavy (non-hydrogen) atoms. The van der Waals surface area contributed by atoms with E-state index < -0.39 is 17.6 Å². The van der Waals surface area contributed by atoms with Crippen molar-refractivity contribution in [1.82, 2.24) is 5.32 Å². The molecule has 148 valence electrons. The van der Waals surface area contributed by atoms with E-state index in [4.69, 9.17) is 17.0 Å². The molecule has 2 fully saturated rings. The van der Waals surface area contributed by atoms with Crippen molar-refractivity contribution in [2.75, 3.05) is 36.1 Å². The van der Waals surface area contributed by atoms with Crippen molar-refractivity contribution in [2.24, 2.45) is 0 Å². The standard InChI is InChI=1S/C21H18FN3O3S/c22-17-13-14(6-7-18(17)24-8-10-28-11-9-24)12-16-19(26)23-21(29)25(20(16)27)15-4-2-1-3-5-15/h1-7,12-13H,8-11H2,(H,23,26,29)/b16-12+. The highest BCUT2D eigenvalue weighted by molar-refractivity contribution is 7.80. The van der Waals surface area contributed by atoms with Gasteiger partial charge in [-0.1, -0.05) is 24.3 Å². The summed E-state index contributed by atoms with van der Waals surface area (Å²) in [5, 5.41) is 2.53. The molecule has 0 atom stereocenters. The average Bonchev–Trinajstić information content (AvgIpc) is 2.72.